The molecule has 6 heteroatoms. The number of fused-ring (bicyclic) bond motifs is 1. The third-order valence-corrected chi connectivity index (χ3v) is 5.19. The fourth-order valence-electron chi connectivity index (χ4n) is 2.94. The van der Waals surface area contributed by atoms with E-state index in [0.717, 1.165) is 12.0 Å². The van der Waals surface area contributed by atoms with E-state index in [4.69, 9.17) is 9.47 Å². The van der Waals surface area contributed by atoms with Gasteiger partial charge in [0.05, 0.1) is 25.7 Å². The molecular weight excluding hydrogens is 312 g/mol. The van der Waals surface area contributed by atoms with Crippen LogP contribution in [0.1, 0.15) is 23.5 Å². The van der Waals surface area contributed by atoms with Crippen LogP contribution in [0.3, 0.4) is 0 Å². The molecule has 1 aliphatic heterocycles. The largest absolute Gasteiger partial charge is 0.480 e. The number of carbonyl (C=O) groups excluding carboxylic acids is 1. The minimum absolute atomic E-state index is 0.0136. The Morgan fingerprint density at radius 2 is 2.35 bits per heavy atom. The van der Waals surface area contributed by atoms with E-state index in [2.05, 4.69) is 16.4 Å². The van der Waals surface area contributed by atoms with Crippen molar-refractivity contribution in [3.05, 3.63) is 40.2 Å². The van der Waals surface area contributed by atoms with Crippen molar-refractivity contribution in [3.63, 3.8) is 0 Å². The third-order valence-electron chi connectivity index (χ3n) is 4.19. The summed E-state index contributed by atoms with van der Waals surface area (Å²) in [4.78, 5) is 20.0. The van der Waals surface area contributed by atoms with E-state index >= 15 is 0 Å². The second-order valence-corrected chi connectivity index (χ2v) is 6.56. The number of anilines is 1. The lowest BCUT2D eigenvalue weighted by Crippen LogP contribution is -2.36. The van der Waals surface area contributed by atoms with E-state index in [1.165, 1.54) is 4.88 Å². The van der Waals surface area contributed by atoms with Crippen LogP contribution in [0, 0.1) is 5.92 Å². The molecule has 0 radical (unpaired) electrons. The average Bonchev–Trinajstić information content (AvgIpc) is 3.08. The van der Waals surface area contributed by atoms with Crippen LogP contribution in [-0.4, -0.2) is 31.7 Å². The maximum absolute atomic E-state index is 12.9. The number of rotatable bonds is 4. The van der Waals surface area contributed by atoms with Gasteiger partial charge in [-0.2, -0.15) is 0 Å². The summed E-state index contributed by atoms with van der Waals surface area (Å²) in [6.45, 7) is 2.58. The molecule has 1 amide bonds. The van der Waals surface area contributed by atoms with E-state index < -0.39 is 0 Å². The Morgan fingerprint density at radius 3 is 3.13 bits per heavy atom. The molecule has 2 atom stereocenters. The molecule has 0 spiro atoms. The fraction of sp³-hybridized carbons (Fsp3) is 0.412. The molecule has 23 heavy (non-hydrogen) atoms. The highest BCUT2D eigenvalue weighted by molar-refractivity contribution is 7.10. The lowest BCUT2D eigenvalue weighted by Gasteiger charge is -2.30. The van der Waals surface area contributed by atoms with Crippen LogP contribution in [-0.2, 0) is 16.0 Å². The van der Waals surface area contributed by atoms with Gasteiger partial charge in [0.15, 0.2) is 0 Å². The van der Waals surface area contributed by atoms with Crippen LogP contribution in [0.15, 0.2) is 29.8 Å². The van der Waals surface area contributed by atoms with Gasteiger partial charge >= 0.3 is 0 Å². The zero-order valence-corrected chi connectivity index (χ0v) is 14.3. The summed E-state index contributed by atoms with van der Waals surface area (Å²) in [6, 6.07) is 5.69. The average molecular weight is 332 g/mol. The Kier molecular flexibility index (Phi) is 4.63. The molecule has 2 aromatic heterocycles. The first-order valence-electron chi connectivity index (χ1n) is 7.58. The zero-order chi connectivity index (χ0) is 16.4. The number of aromatic nitrogens is 1. The predicted molar refractivity (Wildman–Crippen MR) is 90.1 cm³/mol. The molecule has 2 aromatic rings. The minimum atomic E-state index is -0.279. The van der Waals surface area contributed by atoms with Crippen molar-refractivity contribution >= 4 is 22.9 Å². The second-order valence-electron chi connectivity index (χ2n) is 5.56. The first kappa shape index (κ1) is 16.0. The fourth-order valence-corrected chi connectivity index (χ4v) is 3.84. The van der Waals surface area contributed by atoms with Gasteiger partial charge in [-0.1, -0.05) is 6.92 Å². The molecule has 0 saturated carbocycles. The Labute approximate surface area is 139 Å². The van der Waals surface area contributed by atoms with E-state index in [0.29, 0.717) is 18.2 Å². The Morgan fingerprint density at radius 1 is 1.52 bits per heavy atom. The standard InChI is InChI=1S/C17H20N2O3S/c1-11(15-12-7-10-23-14(12)6-9-22-15)17(20)19(2)13-5-4-8-18-16(13)21-3/h4-5,7-8,10-11,15H,6,9H2,1-3H3. The number of carbonyl (C=O) groups is 1. The minimum Gasteiger partial charge on any atom is -0.480 e. The summed E-state index contributed by atoms with van der Waals surface area (Å²) < 4.78 is 11.2. The van der Waals surface area contributed by atoms with E-state index in [1.807, 2.05) is 13.0 Å². The molecule has 5 nitrogen and oxygen atoms in total. The predicted octanol–water partition coefficient (Wildman–Crippen LogP) is 3.06. The first-order chi connectivity index (χ1) is 11.1. The van der Waals surface area contributed by atoms with Gasteiger partial charge in [-0.3, -0.25) is 4.79 Å². The van der Waals surface area contributed by atoms with Gasteiger partial charge in [-0.05, 0) is 29.1 Å². The molecule has 3 rings (SSSR count). The van der Waals surface area contributed by atoms with Crippen LogP contribution in [0.2, 0.25) is 0 Å². The maximum Gasteiger partial charge on any atom is 0.237 e. The van der Waals surface area contributed by atoms with Crippen molar-refractivity contribution in [2.45, 2.75) is 19.4 Å². The molecule has 2 unspecified atom stereocenters. The zero-order valence-electron chi connectivity index (χ0n) is 13.5. The normalized spacial score (nSPS) is 18.1. The molecule has 122 valence electrons. The lowest BCUT2D eigenvalue weighted by molar-refractivity contribution is -0.127. The van der Waals surface area contributed by atoms with Crippen molar-refractivity contribution in [3.8, 4) is 5.88 Å². The van der Waals surface area contributed by atoms with Gasteiger partial charge in [0.2, 0.25) is 11.8 Å². The van der Waals surface area contributed by atoms with Crippen LogP contribution < -0.4 is 9.64 Å². The summed E-state index contributed by atoms with van der Waals surface area (Å²) in [5.74, 6) is 0.148. The molecular formula is C17H20N2O3S. The van der Waals surface area contributed by atoms with Crippen LogP contribution in [0.4, 0.5) is 5.69 Å². The summed E-state index contributed by atoms with van der Waals surface area (Å²) in [5, 5.41) is 2.07. The Bertz CT molecular complexity index is 701. The lowest BCUT2D eigenvalue weighted by atomic mass is 9.94. The highest BCUT2D eigenvalue weighted by Crippen LogP contribution is 2.37. The topological polar surface area (TPSA) is 51.7 Å². The van der Waals surface area contributed by atoms with E-state index in [-0.39, 0.29) is 17.9 Å². The molecule has 0 aliphatic carbocycles. The SMILES string of the molecule is COc1ncccc1N(C)C(=O)C(C)C1OCCc2sccc21. The summed E-state index contributed by atoms with van der Waals surface area (Å²) in [6.07, 6.45) is 2.38. The van der Waals surface area contributed by atoms with Gasteiger partial charge in [-0.25, -0.2) is 4.98 Å². The number of pyridine rings is 1. The number of amides is 1. The van der Waals surface area contributed by atoms with Crippen molar-refractivity contribution in [2.75, 3.05) is 25.7 Å². The quantitative estimate of drug-likeness (QED) is 0.863. The van der Waals surface area contributed by atoms with Crippen molar-refractivity contribution < 1.29 is 14.3 Å². The number of hydrogen-bond donors (Lipinski definition) is 0. The molecule has 0 aromatic carbocycles. The molecule has 3 heterocycles. The summed E-state index contributed by atoms with van der Waals surface area (Å²) >= 11 is 1.73. The molecule has 0 bridgehead atoms. The highest BCUT2D eigenvalue weighted by Gasteiger charge is 2.33. The number of ether oxygens (including phenoxy) is 2. The monoisotopic (exact) mass is 332 g/mol. The van der Waals surface area contributed by atoms with Crippen LogP contribution in [0.5, 0.6) is 5.88 Å². The molecule has 0 N–H and O–H groups in total. The van der Waals surface area contributed by atoms with Crippen LogP contribution in [0.25, 0.3) is 0 Å². The number of thiophene rings is 1. The van der Waals surface area contributed by atoms with Crippen LogP contribution >= 0.6 is 11.3 Å². The van der Waals surface area contributed by atoms with E-state index in [1.54, 1.807) is 42.7 Å². The van der Waals surface area contributed by atoms with Gasteiger partial charge < -0.3 is 14.4 Å². The molecule has 0 saturated heterocycles. The first-order valence-corrected chi connectivity index (χ1v) is 8.46. The van der Waals surface area contributed by atoms with Crippen molar-refractivity contribution in [1.82, 2.24) is 4.98 Å². The van der Waals surface area contributed by atoms with Gasteiger partial charge in [0, 0.05) is 24.5 Å². The molecule has 0 fully saturated rings. The number of methoxy groups -OCH3 is 1. The number of hydrogen-bond acceptors (Lipinski definition) is 5. The maximum atomic E-state index is 12.9. The van der Waals surface area contributed by atoms with Gasteiger partial charge in [0.1, 0.15) is 5.69 Å². The summed E-state index contributed by atoms with van der Waals surface area (Å²) in [7, 11) is 3.30. The highest BCUT2D eigenvalue weighted by atomic mass is 32.1. The van der Waals surface area contributed by atoms with Crippen molar-refractivity contribution in [2.24, 2.45) is 5.92 Å². The summed E-state index contributed by atoms with van der Waals surface area (Å²) in [5.41, 5.74) is 1.81. The third kappa shape index (κ3) is 2.96. The van der Waals surface area contributed by atoms with Crippen molar-refractivity contribution in [1.29, 1.82) is 0 Å². The Balaban J connectivity index is 1.83. The Hall–Kier alpha value is -1.92. The molecule has 1 aliphatic rings. The second kappa shape index (κ2) is 6.68. The van der Waals surface area contributed by atoms with Gasteiger partial charge in [0.25, 0.3) is 0 Å². The smallest absolute Gasteiger partial charge is 0.237 e. The number of nitrogens with zero attached hydrogens (tertiary/aromatic N) is 2. The van der Waals surface area contributed by atoms with E-state index in [9.17, 15) is 4.79 Å². The van der Waals surface area contributed by atoms with Gasteiger partial charge in [-0.15, -0.1) is 11.3 Å².